The standard InChI is InChI=1S/C11H18N2O4S/c1-9(8-17-2)5-13-18(15,16)11-4-3-10(7-14)6-12-11/h3-4,6,9,13-14H,5,7-8H2,1-2H3. The number of hydrogen-bond donors (Lipinski definition) is 2. The molecule has 18 heavy (non-hydrogen) atoms. The summed E-state index contributed by atoms with van der Waals surface area (Å²) in [6, 6.07) is 2.90. The van der Waals surface area contributed by atoms with Crippen LogP contribution in [0.5, 0.6) is 0 Å². The van der Waals surface area contributed by atoms with Gasteiger partial charge in [0.05, 0.1) is 6.61 Å². The molecule has 0 amide bonds. The summed E-state index contributed by atoms with van der Waals surface area (Å²) in [4.78, 5) is 3.80. The molecular formula is C11H18N2O4S. The Bertz CT molecular complexity index is 458. The second kappa shape index (κ2) is 6.79. The van der Waals surface area contributed by atoms with E-state index in [-0.39, 0.29) is 17.6 Å². The molecule has 0 radical (unpaired) electrons. The Labute approximate surface area is 107 Å². The summed E-state index contributed by atoms with van der Waals surface area (Å²) in [5.74, 6) is 0.0847. The Morgan fingerprint density at radius 3 is 2.72 bits per heavy atom. The van der Waals surface area contributed by atoms with Crippen molar-refractivity contribution in [1.82, 2.24) is 9.71 Å². The van der Waals surface area contributed by atoms with Crippen molar-refractivity contribution in [2.75, 3.05) is 20.3 Å². The number of nitrogens with zero attached hydrogens (tertiary/aromatic N) is 1. The van der Waals surface area contributed by atoms with Crippen LogP contribution in [-0.4, -0.2) is 38.8 Å². The van der Waals surface area contributed by atoms with Gasteiger partial charge in [-0.25, -0.2) is 18.1 Å². The maximum absolute atomic E-state index is 11.9. The van der Waals surface area contributed by atoms with Crippen LogP contribution in [0.1, 0.15) is 12.5 Å². The summed E-state index contributed by atoms with van der Waals surface area (Å²) in [5.41, 5.74) is 0.571. The molecule has 0 bridgehead atoms. The highest BCUT2D eigenvalue weighted by Crippen LogP contribution is 2.07. The number of methoxy groups -OCH3 is 1. The Morgan fingerprint density at radius 2 is 2.22 bits per heavy atom. The minimum absolute atomic E-state index is 0.0516. The summed E-state index contributed by atoms with van der Waals surface area (Å²) < 4.78 is 31.1. The van der Waals surface area contributed by atoms with Crippen LogP contribution >= 0.6 is 0 Å². The molecule has 1 unspecified atom stereocenters. The zero-order valence-electron chi connectivity index (χ0n) is 10.5. The van der Waals surface area contributed by atoms with Crippen molar-refractivity contribution in [1.29, 1.82) is 0 Å². The Hall–Kier alpha value is -1.02. The van der Waals surface area contributed by atoms with Crippen molar-refractivity contribution >= 4 is 10.0 Å². The van der Waals surface area contributed by atoms with Crippen molar-refractivity contribution in [2.24, 2.45) is 5.92 Å². The average molecular weight is 274 g/mol. The number of aromatic nitrogens is 1. The summed E-state index contributed by atoms with van der Waals surface area (Å²) in [7, 11) is -2.03. The van der Waals surface area contributed by atoms with E-state index in [4.69, 9.17) is 9.84 Å². The molecule has 102 valence electrons. The number of ether oxygens (including phenoxy) is 1. The van der Waals surface area contributed by atoms with Crippen molar-refractivity contribution in [2.45, 2.75) is 18.6 Å². The molecule has 7 heteroatoms. The highest BCUT2D eigenvalue weighted by molar-refractivity contribution is 7.89. The molecule has 0 saturated heterocycles. The SMILES string of the molecule is COCC(C)CNS(=O)(=O)c1ccc(CO)cn1. The molecule has 0 aliphatic heterocycles. The van der Waals surface area contributed by atoms with Crippen LogP contribution in [0.25, 0.3) is 0 Å². The molecule has 1 atom stereocenters. The molecule has 0 saturated carbocycles. The van der Waals surface area contributed by atoms with Gasteiger partial charge in [-0.3, -0.25) is 0 Å². The number of sulfonamides is 1. The molecule has 0 aromatic carbocycles. The minimum atomic E-state index is -3.60. The third kappa shape index (κ3) is 4.34. The van der Waals surface area contributed by atoms with Gasteiger partial charge in [0, 0.05) is 26.5 Å². The first-order chi connectivity index (χ1) is 8.49. The molecule has 0 fully saturated rings. The summed E-state index contributed by atoms with van der Waals surface area (Å²) in [6.45, 7) is 2.50. The number of aliphatic hydroxyl groups excluding tert-OH is 1. The zero-order chi connectivity index (χ0) is 13.6. The lowest BCUT2D eigenvalue weighted by Crippen LogP contribution is -2.30. The number of pyridine rings is 1. The highest BCUT2D eigenvalue weighted by Gasteiger charge is 2.16. The number of aliphatic hydroxyl groups is 1. The van der Waals surface area contributed by atoms with E-state index >= 15 is 0 Å². The van der Waals surface area contributed by atoms with Gasteiger partial charge in [-0.1, -0.05) is 13.0 Å². The lowest BCUT2D eigenvalue weighted by molar-refractivity contribution is 0.161. The van der Waals surface area contributed by atoms with Crippen molar-refractivity contribution in [3.8, 4) is 0 Å². The molecule has 6 nitrogen and oxygen atoms in total. The maximum Gasteiger partial charge on any atom is 0.258 e. The smallest absolute Gasteiger partial charge is 0.258 e. The fourth-order valence-electron chi connectivity index (χ4n) is 1.33. The van der Waals surface area contributed by atoms with Crippen molar-refractivity contribution in [3.63, 3.8) is 0 Å². The van der Waals surface area contributed by atoms with E-state index in [1.165, 1.54) is 18.3 Å². The number of hydrogen-bond acceptors (Lipinski definition) is 5. The van der Waals surface area contributed by atoms with E-state index in [9.17, 15) is 8.42 Å². The van der Waals surface area contributed by atoms with E-state index < -0.39 is 10.0 Å². The summed E-state index contributed by atoms with van der Waals surface area (Å²) in [5, 5.41) is 8.80. The van der Waals surface area contributed by atoms with Crippen LogP contribution in [0.2, 0.25) is 0 Å². The molecule has 1 aromatic heterocycles. The van der Waals surface area contributed by atoms with Crippen molar-refractivity contribution < 1.29 is 18.3 Å². The quantitative estimate of drug-likeness (QED) is 0.738. The van der Waals surface area contributed by atoms with Gasteiger partial charge in [0.15, 0.2) is 5.03 Å². The fraction of sp³-hybridized carbons (Fsp3) is 0.545. The molecular weight excluding hydrogens is 256 g/mol. The van der Waals surface area contributed by atoms with Crippen LogP contribution in [0, 0.1) is 5.92 Å². The normalized spacial score (nSPS) is 13.5. The summed E-state index contributed by atoms with van der Waals surface area (Å²) >= 11 is 0. The van der Waals surface area contributed by atoms with E-state index in [1.54, 1.807) is 7.11 Å². The second-order valence-electron chi connectivity index (χ2n) is 4.08. The van der Waals surface area contributed by atoms with Gasteiger partial charge in [-0.15, -0.1) is 0 Å². The average Bonchev–Trinajstić information content (AvgIpc) is 2.37. The number of nitrogens with one attached hydrogen (secondary N) is 1. The lowest BCUT2D eigenvalue weighted by Gasteiger charge is -2.11. The Balaban J connectivity index is 2.67. The van der Waals surface area contributed by atoms with E-state index in [2.05, 4.69) is 9.71 Å². The van der Waals surface area contributed by atoms with Gasteiger partial charge < -0.3 is 9.84 Å². The van der Waals surface area contributed by atoms with Gasteiger partial charge in [-0.05, 0) is 17.5 Å². The van der Waals surface area contributed by atoms with Crippen LogP contribution in [0.15, 0.2) is 23.4 Å². The largest absolute Gasteiger partial charge is 0.392 e. The molecule has 0 aliphatic rings. The van der Waals surface area contributed by atoms with Crippen LogP contribution in [0.4, 0.5) is 0 Å². The molecule has 2 N–H and O–H groups in total. The monoisotopic (exact) mass is 274 g/mol. The second-order valence-corrected chi connectivity index (χ2v) is 5.79. The molecule has 1 heterocycles. The van der Waals surface area contributed by atoms with Crippen LogP contribution < -0.4 is 4.72 Å². The van der Waals surface area contributed by atoms with E-state index in [1.807, 2.05) is 6.92 Å². The first-order valence-electron chi connectivity index (χ1n) is 5.54. The minimum Gasteiger partial charge on any atom is -0.392 e. The zero-order valence-corrected chi connectivity index (χ0v) is 11.3. The van der Waals surface area contributed by atoms with Crippen molar-refractivity contribution in [3.05, 3.63) is 23.9 Å². The van der Waals surface area contributed by atoms with Gasteiger partial charge in [-0.2, -0.15) is 0 Å². The summed E-state index contributed by atoms with van der Waals surface area (Å²) in [6.07, 6.45) is 1.34. The Morgan fingerprint density at radius 1 is 1.50 bits per heavy atom. The molecule has 1 rings (SSSR count). The fourth-order valence-corrected chi connectivity index (χ4v) is 2.42. The molecule has 0 aliphatic carbocycles. The molecule has 0 spiro atoms. The van der Waals surface area contributed by atoms with Gasteiger partial charge in [0.25, 0.3) is 10.0 Å². The van der Waals surface area contributed by atoms with E-state index in [0.29, 0.717) is 18.7 Å². The third-order valence-electron chi connectivity index (χ3n) is 2.33. The highest BCUT2D eigenvalue weighted by atomic mass is 32.2. The van der Waals surface area contributed by atoms with Crippen LogP contribution in [-0.2, 0) is 21.4 Å². The van der Waals surface area contributed by atoms with Gasteiger partial charge in [0.1, 0.15) is 0 Å². The Kier molecular flexibility index (Phi) is 5.67. The first kappa shape index (κ1) is 15.0. The predicted octanol–water partition coefficient (Wildman–Crippen LogP) is 0.135. The lowest BCUT2D eigenvalue weighted by atomic mass is 10.2. The topological polar surface area (TPSA) is 88.5 Å². The molecule has 1 aromatic rings. The first-order valence-corrected chi connectivity index (χ1v) is 7.02. The van der Waals surface area contributed by atoms with E-state index in [0.717, 1.165) is 0 Å². The predicted molar refractivity (Wildman–Crippen MR) is 66.4 cm³/mol. The van der Waals surface area contributed by atoms with Gasteiger partial charge >= 0.3 is 0 Å². The number of rotatable bonds is 7. The third-order valence-corrected chi connectivity index (χ3v) is 3.67. The van der Waals surface area contributed by atoms with Gasteiger partial charge in [0.2, 0.25) is 0 Å². The maximum atomic E-state index is 11.9. The van der Waals surface area contributed by atoms with Crippen LogP contribution in [0.3, 0.4) is 0 Å².